The highest BCUT2D eigenvalue weighted by molar-refractivity contribution is 7.85. The molecule has 1 aliphatic heterocycles. The van der Waals surface area contributed by atoms with Gasteiger partial charge in [-0.1, -0.05) is 12.1 Å². The lowest BCUT2D eigenvalue weighted by Crippen LogP contribution is -2.35. The van der Waals surface area contributed by atoms with E-state index in [1.54, 1.807) is 0 Å². The van der Waals surface area contributed by atoms with Crippen molar-refractivity contribution in [1.82, 2.24) is 0 Å². The Hall–Kier alpha value is -0.710. The zero-order chi connectivity index (χ0) is 13.1. The minimum atomic E-state index is -1.01. The van der Waals surface area contributed by atoms with Gasteiger partial charge in [0.2, 0.25) is 0 Å². The van der Waals surface area contributed by atoms with E-state index in [9.17, 15) is 4.21 Å². The van der Waals surface area contributed by atoms with Crippen LogP contribution in [0.4, 0.5) is 0 Å². The van der Waals surface area contributed by atoms with Gasteiger partial charge < -0.3 is 10.5 Å². The highest BCUT2D eigenvalue weighted by atomic mass is 32.2. The summed E-state index contributed by atoms with van der Waals surface area (Å²) in [6, 6.07) is 6.03. The van der Waals surface area contributed by atoms with E-state index in [-0.39, 0.29) is 6.04 Å². The van der Waals surface area contributed by atoms with Gasteiger partial charge in [-0.2, -0.15) is 0 Å². The first-order chi connectivity index (χ1) is 8.58. The zero-order valence-corrected chi connectivity index (χ0v) is 11.8. The number of hydrogen-bond acceptors (Lipinski definition) is 3. The average Bonchev–Trinajstić information content (AvgIpc) is 2.85. The Bertz CT molecular complexity index is 441. The van der Waals surface area contributed by atoms with Crippen LogP contribution in [0.25, 0.3) is 0 Å². The van der Waals surface area contributed by atoms with Crippen LogP contribution in [-0.4, -0.2) is 29.2 Å². The van der Waals surface area contributed by atoms with Crippen LogP contribution in [0.1, 0.15) is 17.5 Å². The van der Waals surface area contributed by atoms with Gasteiger partial charge in [0.1, 0.15) is 0 Å². The molecule has 100 valence electrons. The van der Waals surface area contributed by atoms with Gasteiger partial charge in [0.25, 0.3) is 0 Å². The third-order valence-electron chi connectivity index (χ3n) is 3.50. The second-order valence-electron chi connectivity index (χ2n) is 5.07. The molecule has 1 aliphatic rings. The smallest absolute Gasteiger partial charge is 0.0548 e. The third kappa shape index (κ3) is 3.19. The van der Waals surface area contributed by atoms with E-state index in [1.807, 2.05) is 32.0 Å². The lowest BCUT2D eigenvalue weighted by atomic mass is 10.0. The van der Waals surface area contributed by atoms with Gasteiger partial charge in [0.15, 0.2) is 0 Å². The molecule has 0 aliphatic carbocycles. The van der Waals surface area contributed by atoms with Gasteiger partial charge in [0.05, 0.1) is 17.4 Å². The van der Waals surface area contributed by atoms with Crippen molar-refractivity contribution < 1.29 is 8.95 Å². The summed E-state index contributed by atoms with van der Waals surface area (Å²) in [6.07, 6.45) is 0.991. The van der Waals surface area contributed by atoms with Gasteiger partial charge in [-0.25, -0.2) is 0 Å². The van der Waals surface area contributed by atoms with Crippen molar-refractivity contribution >= 4 is 10.8 Å². The molecule has 0 saturated carbocycles. The Kier molecular flexibility index (Phi) is 4.54. The van der Waals surface area contributed by atoms with Gasteiger partial charge in [0, 0.05) is 29.2 Å². The molecule has 0 radical (unpaired) electrons. The van der Waals surface area contributed by atoms with E-state index >= 15 is 0 Å². The minimum Gasteiger partial charge on any atom is -0.381 e. The summed E-state index contributed by atoms with van der Waals surface area (Å²) in [6.45, 7) is 5.52. The van der Waals surface area contributed by atoms with Gasteiger partial charge in [-0.05, 0) is 37.5 Å². The predicted octanol–water partition coefficient (Wildman–Crippen LogP) is 1.77. The second kappa shape index (κ2) is 5.95. The van der Waals surface area contributed by atoms with Crippen LogP contribution in [-0.2, 0) is 15.5 Å². The van der Waals surface area contributed by atoms with E-state index in [4.69, 9.17) is 10.5 Å². The van der Waals surface area contributed by atoms with Crippen molar-refractivity contribution in [3.63, 3.8) is 0 Å². The van der Waals surface area contributed by atoms with Crippen LogP contribution in [0.5, 0.6) is 0 Å². The maximum absolute atomic E-state index is 12.4. The number of ether oxygens (including phenoxy) is 1. The first-order valence-corrected chi connectivity index (χ1v) is 7.69. The molecule has 2 N–H and O–H groups in total. The minimum absolute atomic E-state index is 0.0340. The Morgan fingerprint density at radius 3 is 2.94 bits per heavy atom. The molecule has 0 spiro atoms. The summed E-state index contributed by atoms with van der Waals surface area (Å²) < 4.78 is 17.7. The number of rotatable bonds is 4. The summed E-state index contributed by atoms with van der Waals surface area (Å²) in [7, 11) is -1.01. The molecule has 1 saturated heterocycles. The van der Waals surface area contributed by atoms with Crippen LogP contribution >= 0.6 is 0 Å². The summed E-state index contributed by atoms with van der Waals surface area (Å²) in [5.41, 5.74) is 8.35. The molecule has 1 aromatic rings. The van der Waals surface area contributed by atoms with Crippen LogP contribution in [0.2, 0.25) is 0 Å². The predicted molar refractivity (Wildman–Crippen MR) is 74.1 cm³/mol. The molecule has 3 unspecified atom stereocenters. The number of benzene rings is 1. The zero-order valence-electron chi connectivity index (χ0n) is 11.0. The Morgan fingerprint density at radius 1 is 1.50 bits per heavy atom. The molecular weight excluding hydrogens is 246 g/mol. The molecule has 3 nitrogen and oxygen atoms in total. The summed E-state index contributed by atoms with van der Waals surface area (Å²) in [4.78, 5) is 0.921. The normalized spacial score (nSPS) is 22.9. The van der Waals surface area contributed by atoms with Crippen LogP contribution in [0, 0.1) is 19.8 Å². The quantitative estimate of drug-likeness (QED) is 0.904. The van der Waals surface area contributed by atoms with Crippen molar-refractivity contribution in [2.75, 3.05) is 19.0 Å². The highest BCUT2D eigenvalue weighted by Gasteiger charge is 2.25. The van der Waals surface area contributed by atoms with E-state index in [0.29, 0.717) is 18.3 Å². The van der Waals surface area contributed by atoms with Gasteiger partial charge >= 0.3 is 0 Å². The largest absolute Gasteiger partial charge is 0.381 e. The summed E-state index contributed by atoms with van der Waals surface area (Å²) >= 11 is 0. The monoisotopic (exact) mass is 267 g/mol. The molecule has 2 rings (SSSR count). The van der Waals surface area contributed by atoms with Crippen molar-refractivity contribution in [2.45, 2.75) is 31.2 Å². The molecule has 1 fully saturated rings. The molecule has 3 atom stereocenters. The average molecular weight is 267 g/mol. The maximum Gasteiger partial charge on any atom is 0.0548 e. The molecule has 0 bridgehead atoms. The number of nitrogens with two attached hydrogens (primary N) is 1. The number of aryl methyl sites for hydroxylation is 2. The molecule has 1 aromatic carbocycles. The third-order valence-corrected chi connectivity index (χ3v) is 5.12. The van der Waals surface area contributed by atoms with Gasteiger partial charge in [-0.15, -0.1) is 0 Å². The van der Waals surface area contributed by atoms with Crippen molar-refractivity contribution in [2.24, 2.45) is 11.7 Å². The number of hydrogen-bond donors (Lipinski definition) is 1. The van der Waals surface area contributed by atoms with E-state index in [2.05, 4.69) is 0 Å². The van der Waals surface area contributed by atoms with E-state index in [1.165, 1.54) is 0 Å². The van der Waals surface area contributed by atoms with E-state index in [0.717, 1.165) is 29.1 Å². The SMILES string of the molecule is Cc1ccc(C)c(S(=O)CC(N)C2CCOC2)c1. The topological polar surface area (TPSA) is 52.3 Å². The van der Waals surface area contributed by atoms with E-state index < -0.39 is 10.8 Å². The second-order valence-corrected chi connectivity index (χ2v) is 6.53. The molecule has 0 aromatic heterocycles. The first-order valence-electron chi connectivity index (χ1n) is 6.37. The molecule has 18 heavy (non-hydrogen) atoms. The molecule has 1 heterocycles. The fourth-order valence-electron chi connectivity index (χ4n) is 2.24. The van der Waals surface area contributed by atoms with Crippen LogP contribution in [0.3, 0.4) is 0 Å². The Balaban J connectivity index is 2.04. The van der Waals surface area contributed by atoms with Crippen LogP contribution in [0.15, 0.2) is 23.1 Å². The fraction of sp³-hybridized carbons (Fsp3) is 0.571. The molecule has 4 heteroatoms. The Morgan fingerprint density at radius 2 is 2.28 bits per heavy atom. The first kappa shape index (κ1) is 13.7. The van der Waals surface area contributed by atoms with Crippen molar-refractivity contribution in [3.8, 4) is 0 Å². The lowest BCUT2D eigenvalue weighted by Gasteiger charge is -2.17. The van der Waals surface area contributed by atoms with Crippen molar-refractivity contribution in [3.05, 3.63) is 29.3 Å². The Labute approximate surface area is 111 Å². The lowest BCUT2D eigenvalue weighted by molar-refractivity contribution is 0.182. The highest BCUT2D eigenvalue weighted by Crippen LogP contribution is 2.20. The standard InChI is InChI=1S/C14H21NO2S/c1-10-3-4-11(2)14(7-10)18(16)9-13(15)12-5-6-17-8-12/h3-4,7,12-13H,5-6,8-9,15H2,1-2H3. The van der Waals surface area contributed by atoms with Crippen molar-refractivity contribution in [1.29, 1.82) is 0 Å². The molecular formula is C14H21NO2S. The maximum atomic E-state index is 12.4. The van der Waals surface area contributed by atoms with Crippen LogP contribution < -0.4 is 5.73 Å². The fourth-order valence-corrected chi connectivity index (χ4v) is 3.79. The van der Waals surface area contributed by atoms with Gasteiger partial charge in [-0.3, -0.25) is 4.21 Å². The summed E-state index contributed by atoms with van der Waals surface area (Å²) in [5, 5.41) is 0. The molecule has 0 amide bonds. The summed E-state index contributed by atoms with van der Waals surface area (Å²) in [5.74, 6) is 0.886.